The third-order valence-corrected chi connectivity index (χ3v) is 5.99. The zero-order valence-electron chi connectivity index (χ0n) is 12.8. The van der Waals surface area contributed by atoms with Crippen molar-refractivity contribution in [3.63, 3.8) is 0 Å². The molecule has 0 radical (unpaired) electrons. The predicted octanol–water partition coefficient (Wildman–Crippen LogP) is 2.47. The summed E-state index contributed by atoms with van der Waals surface area (Å²) in [5, 5.41) is 12.4. The van der Waals surface area contributed by atoms with E-state index in [1.807, 2.05) is 0 Å². The van der Waals surface area contributed by atoms with Crippen LogP contribution in [0.5, 0.6) is 0 Å². The number of amidine groups is 1. The van der Waals surface area contributed by atoms with E-state index >= 15 is 0 Å². The molecule has 0 spiro atoms. The van der Waals surface area contributed by atoms with E-state index in [1.54, 1.807) is 0 Å². The number of amides is 1. The summed E-state index contributed by atoms with van der Waals surface area (Å²) in [6.45, 7) is 0.856. The Bertz CT molecular complexity index is 429. The van der Waals surface area contributed by atoms with Crippen LogP contribution in [-0.2, 0) is 4.79 Å². The number of carbonyl (C=O) groups excluding carboxylic acids is 1. The SMILES string of the molecule is NC(=NO)C1(C(=O)N2CCC3CCCCC32)CCCCC1. The number of carbonyl (C=O) groups is 1. The van der Waals surface area contributed by atoms with Gasteiger partial charge in [-0.25, -0.2) is 0 Å². The summed E-state index contributed by atoms with van der Waals surface area (Å²) in [5.74, 6) is 0.939. The maximum Gasteiger partial charge on any atom is 0.236 e. The van der Waals surface area contributed by atoms with Crippen LogP contribution in [0.15, 0.2) is 5.16 Å². The number of rotatable bonds is 2. The number of nitrogens with two attached hydrogens (primary N) is 1. The molecule has 1 heterocycles. The minimum atomic E-state index is -0.737. The van der Waals surface area contributed by atoms with Crippen molar-refractivity contribution in [1.82, 2.24) is 4.90 Å². The maximum absolute atomic E-state index is 13.2. The van der Waals surface area contributed by atoms with Gasteiger partial charge in [0.2, 0.25) is 5.91 Å². The zero-order chi connectivity index (χ0) is 14.9. The molecule has 0 bridgehead atoms. The number of oxime groups is 1. The number of likely N-dealkylation sites (tertiary alicyclic amines) is 1. The van der Waals surface area contributed by atoms with Gasteiger partial charge in [0.15, 0.2) is 5.84 Å². The van der Waals surface area contributed by atoms with Gasteiger partial charge in [0.1, 0.15) is 5.41 Å². The lowest BCUT2D eigenvalue weighted by Crippen LogP contribution is -2.54. The molecule has 1 aliphatic heterocycles. The van der Waals surface area contributed by atoms with E-state index < -0.39 is 5.41 Å². The quantitative estimate of drug-likeness (QED) is 0.355. The van der Waals surface area contributed by atoms with Crippen LogP contribution in [0.2, 0.25) is 0 Å². The fraction of sp³-hybridized carbons (Fsp3) is 0.875. The van der Waals surface area contributed by atoms with Crippen LogP contribution in [0.4, 0.5) is 0 Å². The first-order chi connectivity index (χ1) is 10.2. The summed E-state index contributed by atoms with van der Waals surface area (Å²) in [4.78, 5) is 15.3. The minimum absolute atomic E-state index is 0.131. The summed E-state index contributed by atoms with van der Waals surface area (Å²) >= 11 is 0. The summed E-state index contributed by atoms with van der Waals surface area (Å²) in [6.07, 6.45) is 10.6. The molecular weight excluding hydrogens is 266 g/mol. The molecule has 21 heavy (non-hydrogen) atoms. The lowest BCUT2D eigenvalue weighted by Gasteiger charge is -2.41. The van der Waals surface area contributed by atoms with Gasteiger partial charge in [-0.2, -0.15) is 0 Å². The highest BCUT2D eigenvalue weighted by Crippen LogP contribution is 2.43. The fourth-order valence-corrected chi connectivity index (χ4v) is 4.76. The highest BCUT2D eigenvalue weighted by Gasteiger charge is 2.50. The van der Waals surface area contributed by atoms with Gasteiger partial charge in [0.05, 0.1) is 0 Å². The molecule has 2 aliphatic carbocycles. The lowest BCUT2D eigenvalue weighted by atomic mass is 9.71. The van der Waals surface area contributed by atoms with E-state index in [2.05, 4.69) is 10.1 Å². The van der Waals surface area contributed by atoms with Crippen LogP contribution >= 0.6 is 0 Å². The van der Waals surface area contributed by atoms with E-state index in [0.717, 1.165) is 51.5 Å². The first-order valence-corrected chi connectivity index (χ1v) is 8.48. The second-order valence-corrected chi connectivity index (χ2v) is 7.03. The van der Waals surface area contributed by atoms with E-state index in [0.29, 0.717) is 12.0 Å². The monoisotopic (exact) mass is 293 g/mol. The molecular formula is C16H27N3O2. The molecule has 5 heteroatoms. The molecule has 0 aromatic rings. The smallest absolute Gasteiger partial charge is 0.236 e. The van der Waals surface area contributed by atoms with E-state index in [1.165, 1.54) is 19.3 Å². The lowest BCUT2D eigenvalue weighted by molar-refractivity contribution is -0.141. The summed E-state index contributed by atoms with van der Waals surface area (Å²) in [6, 6.07) is 0.400. The molecule has 118 valence electrons. The van der Waals surface area contributed by atoms with Crippen LogP contribution in [0.1, 0.15) is 64.2 Å². The van der Waals surface area contributed by atoms with Gasteiger partial charge in [-0.05, 0) is 38.0 Å². The van der Waals surface area contributed by atoms with E-state index in [-0.39, 0.29) is 11.7 Å². The highest BCUT2D eigenvalue weighted by molar-refractivity contribution is 6.07. The average Bonchev–Trinajstić information content (AvgIpc) is 2.98. The molecule has 2 atom stereocenters. The second-order valence-electron chi connectivity index (χ2n) is 7.03. The van der Waals surface area contributed by atoms with Crippen molar-refractivity contribution >= 4 is 11.7 Å². The van der Waals surface area contributed by atoms with Gasteiger partial charge in [-0.1, -0.05) is 37.3 Å². The Morgan fingerprint density at radius 3 is 2.52 bits per heavy atom. The summed E-state index contributed by atoms with van der Waals surface area (Å²) in [7, 11) is 0. The Labute approximate surface area is 126 Å². The third kappa shape index (κ3) is 2.40. The molecule has 2 saturated carbocycles. The van der Waals surface area contributed by atoms with Gasteiger partial charge in [0, 0.05) is 12.6 Å². The van der Waals surface area contributed by atoms with Gasteiger partial charge >= 0.3 is 0 Å². The van der Waals surface area contributed by atoms with Gasteiger partial charge < -0.3 is 15.8 Å². The third-order valence-electron chi connectivity index (χ3n) is 5.99. The predicted molar refractivity (Wildman–Crippen MR) is 81.0 cm³/mol. The Morgan fingerprint density at radius 2 is 1.81 bits per heavy atom. The van der Waals surface area contributed by atoms with Crippen LogP contribution in [0.3, 0.4) is 0 Å². The average molecular weight is 293 g/mol. The first kappa shape index (κ1) is 14.7. The second kappa shape index (κ2) is 5.85. The van der Waals surface area contributed by atoms with Gasteiger partial charge in [0.25, 0.3) is 0 Å². The minimum Gasteiger partial charge on any atom is -0.409 e. The zero-order valence-corrected chi connectivity index (χ0v) is 12.8. The van der Waals surface area contributed by atoms with Crippen LogP contribution in [0, 0.1) is 11.3 Å². The number of nitrogens with zero attached hydrogens (tertiary/aromatic N) is 2. The molecule has 0 aromatic carbocycles. The van der Waals surface area contributed by atoms with E-state index in [4.69, 9.17) is 10.9 Å². The standard InChI is InChI=1S/C16H27N3O2/c17-14(18-21)16(9-4-1-5-10-16)15(20)19-11-8-12-6-2-3-7-13(12)19/h12-13,21H,1-11H2,(H2,17,18). The van der Waals surface area contributed by atoms with Crippen LogP contribution in [-0.4, -0.2) is 34.4 Å². The number of fused-ring (bicyclic) bond motifs is 1. The van der Waals surface area contributed by atoms with Crippen molar-refractivity contribution in [2.45, 2.75) is 70.3 Å². The number of hydrogen-bond donors (Lipinski definition) is 2. The van der Waals surface area contributed by atoms with Crippen LogP contribution < -0.4 is 5.73 Å². The summed E-state index contributed by atoms with van der Waals surface area (Å²) in [5.41, 5.74) is 5.23. The van der Waals surface area contributed by atoms with Crippen molar-refractivity contribution in [1.29, 1.82) is 0 Å². The van der Waals surface area contributed by atoms with Crippen molar-refractivity contribution in [2.24, 2.45) is 22.2 Å². The molecule has 3 fully saturated rings. The Balaban J connectivity index is 1.84. The van der Waals surface area contributed by atoms with Crippen molar-refractivity contribution in [3.05, 3.63) is 0 Å². The molecule has 1 saturated heterocycles. The van der Waals surface area contributed by atoms with Crippen LogP contribution in [0.25, 0.3) is 0 Å². The highest BCUT2D eigenvalue weighted by atomic mass is 16.4. The summed E-state index contributed by atoms with van der Waals surface area (Å²) < 4.78 is 0. The van der Waals surface area contributed by atoms with Crippen molar-refractivity contribution in [2.75, 3.05) is 6.54 Å². The Hall–Kier alpha value is -1.26. The van der Waals surface area contributed by atoms with Gasteiger partial charge in [-0.3, -0.25) is 4.79 Å². The number of hydrogen-bond acceptors (Lipinski definition) is 3. The van der Waals surface area contributed by atoms with Crippen molar-refractivity contribution in [3.8, 4) is 0 Å². The van der Waals surface area contributed by atoms with Gasteiger partial charge in [-0.15, -0.1) is 0 Å². The molecule has 3 rings (SSSR count). The Morgan fingerprint density at radius 1 is 1.10 bits per heavy atom. The molecule has 3 aliphatic rings. The largest absolute Gasteiger partial charge is 0.409 e. The maximum atomic E-state index is 13.2. The Kier molecular flexibility index (Phi) is 4.09. The topological polar surface area (TPSA) is 78.9 Å². The first-order valence-electron chi connectivity index (χ1n) is 8.48. The molecule has 5 nitrogen and oxygen atoms in total. The fourth-order valence-electron chi connectivity index (χ4n) is 4.76. The molecule has 0 aromatic heterocycles. The van der Waals surface area contributed by atoms with E-state index in [9.17, 15) is 4.79 Å². The van der Waals surface area contributed by atoms with Crippen molar-refractivity contribution < 1.29 is 10.0 Å². The molecule has 2 unspecified atom stereocenters. The molecule has 1 amide bonds. The molecule has 3 N–H and O–H groups in total. The normalized spacial score (nSPS) is 32.8.